The first-order chi connectivity index (χ1) is 9.62. The van der Waals surface area contributed by atoms with Gasteiger partial charge in [0.05, 0.1) is 11.7 Å². The van der Waals surface area contributed by atoms with Gasteiger partial charge >= 0.3 is 5.97 Å². The lowest BCUT2D eigenvalue weighted by Gasteiger charge is -2.46. The molecule has 3 atom stereocenters. The van der Waals surface area contributed by atoms with Crippen molar-refractivity contribution < 1.29 is 23.1 Å². The highest BCUT2D eigenvalue weighted by Crippen LogP contribution is 2.45. The van der Waals surface area contributed by atoms with E-state index in [4.69, 9.17) is 4.74 Å². The summed E-state index contributed by atoms with van der Waals surface area (Å²) in [5.74, 6) is -1.23. The maximum Gasteiger partial charge on any atom is 0.307 e. The fourth-order valence-electron chi connectivity index (χ4n) is 3.09. The van der Waals surface area contributed by atoms with Crippen LogP contribution in [0, 0.1) is 17.3 Å². The second-order valence-electron chi connectivity index (χ2n) is 6.47. The highest BCUT2D eigenvalue weighted by molar-refractivity contribution is 7.89. The molecule has 0 heterocycles. The topological polar surface area (TPSA) is 92.7 Å². The molecule has 21 heavy (non-hydrogen) atoms. The van der Waals surface area contributed by atoms with Crippen LogP contribution in [0.1, 0.15) is 40.0 Å². The molecule has 1 saturated carbocycles. The molecule has 0 bridgehead atoms. The van der Waals surface area contributed by atoms with Gasteiger partial charge in [-0.15, -0.1) is 0 Å². The molecule has 0 aromatic rings. The maximum absolute atomic E-state index is 12.1. The number of methoxy groups -OCH3 is 1. The van der Waals surface area contributed by atoms with Crippen LogP contribution in [-0.4, -0.2) is 45.0 Å². The molecule has 1 rings (SSSR count). The summed E-state index contributed by atoms with van der Waals surface area (Å²) in [6.45, 7) is 6.15. The third-order valence-electron chi connectivity index (χ3n) is 4.83. The molecule has 1 aliphatic rings. The molecule has 1 fully saturated rings. The Hall–Kier alpha value is -0.660. The van der Waals surface area contributed by atoms with Crippen LogP contribution in [0.4, 0.5) is 0 Å². The van der Waals surface area contributed by atoms with Crippen LogP contribution in [0.25, 0.3) is 0 Å². The number of aliphatic carboxylic acids is 1. The molecule has 2 N–H and O–H groups in total. The molecule has 0 spiro atoms. The first-order valence-corrected chi connectivity index (χ1v) is 8.98. The minimum atomic E-state index is -3.35. The van der Waals surface area contributed by atoms with Gasteiger partial charge < -0.3 is 9.84 Å². The van der Waals surface area contributed by atoms with Gasteiger partial charge in [0, 0.05) is 19.8 Å². The lowest BCUT2D eigenvalue weighted by atomic mass is 9.61. The highest BCUT2D eigenvalue weighted by atomic mass is 32.2. The van der Waals surface area contributed by atoms with Crippen molar-refractivity contribution in [2.75, 3.05) is 19.5 Å². The van der Waals surface area contributed by atoms with E-state index in [1.54, 1.807) is 0 Å². The Labute approximate surface area is 127 Å². The predicted molar refractivity (Wildman–Crippen MR) is 80.5 cm³/mol. The average molecular weight is 321 g/mol. The van der Waals surface area contributed by atoms with E-state index >= 15 is 0 Å². The zero-order valence-electron chi connectivity index (χ0n) is 13.3. The van der Waals surface area contributed by atoms with Crippen molar-refractivity contribution in [1.29, 1.82) is 0 Å². The van der Waals surface area contributed by atoms with Gasteiger partial charge in [-0.05, 0) is 30.6 Å². The van der Waals surface area contributed by atoms with E-state index in [9.17, 15) is 18.3 Å². The monoisotopic (exact) mass is 321 g/mol. The van der Waals surface area contributed by atoms with Crippen molar-refractivity contribution in [1.82, 2.24) is 4.72 Å². The Kier molecular flexibility index (Phi) is 6.19. The van der Waals surface area contributed by atoms with E-state index in [-0.39, 0.29) is 17.7 Å². The van der Waals surface area contributed by atoms with Gasteiger partial charge in [0.25, 0.3) is 0 Å². The molecule has 7 heteroatoms. The van der Waals surface area contributed by atoms with Gasteiger partial charge in [-0.3, -0.25) is 4.79 Å². The van der Waals surface area contributed by atoms with Crippen LogP contribution in [0.15, 0.2) is 0 Å². The molecule has 0 aliphatic heterocycles. The summed E-state index contributed by atoms with van der Waals surface area (Å²) in [4.78, 5) is 11.3. The largest absolute Gasteiger partial charge is 0.481 e. The van der Waals surface area contributed by atoms with Crippen LogP contribution in [-0.2, 0) is 19.6 Å². The van der Waals surface area contributed by atoms with Crippen molar-refractivity contribution in [2.24, 2.45) is 17.3 Å². The number of carbonyl (C=O) groups is 1. The molecule has 0 aromatic carbocycles. The van der Waals surface area contributed by atoms with Crippen molar-refractivity contribution in [3.05, 3.63) is 0 Å². The number of hydrogen-bond acceptors (Lipinski definition) is 4. The normalized spacial score (nSPS) is 29.2. The van der Waals surface area contributed by atoms with Gasteiger partial charge in [0.15, 0.2) is 0 Å². The van der Waals surface area contributed by atoms with Gasteiger partial charge in [-0.1, -0.05) is 20.8 Å². The van der Waals surface area contributed by atoms with Crippen LogP contribution < -0.4 is 4.72 Å². The summed E-state index contributed by atoms with van der Waals surface area (Å²) in [7, 11) is -1.81. The van der Waals surface area contributed by atoms with Crippen LogP contribution in [0.2, 0.25) is 0 Å². The smallest absolute Gasteiger partial charge is 0.307 e. The summed E-state index contributed by atoms with van der Waals surface area (Å²) in [6, 6.07) is -0.205. The fourth-order valence-corrected chi connectivity index (χ4v) is 4.49. The summed E-state index contributed by atoms with van der Waals surface area (Å²) in [6.07, 6.45) is 1.51. The minimum Gasteiger partial charge on any atom is -0.481 e. The van der Waals surface area contributed by atoms with E-state index in [0.29, 0.717) is 25.9 Å². The molecule has 6 nitrogen and oxygen atoms in total. The Bertz CT molecular complexity index is 460. The Morgan fingerprint density at radius 2 is 2.00 bits per heavy atom. The first-order valence-electron chi connectivity index (χ1n) is 7.33. The van der Waals surface area contributed by atoms with E-state index in [1.807, 2.05) is 20.8 Å². The summed E-state index contributed by atoms with van der Waals surface area (Å²) in [5.41, 5.74) is -0.441. The second-order valence-corrected chi connectivity index (χ2v) is 8.34. The molecular weight excluding hydrogens is 294 g/mol. The SMILES string of the molecule is COCCCS(=O)(=O)NC1CCC(C(=O)O)C(C)(C)C1C. The molecule has 0 aromatic heterocycles. The van der Waals surface area contributed by atoms with E-state index in [0.717, 1.165) is 0 Å². The number of hydrogen-bond donors (Lipinski definition) is 2. The molecule has 124 valence electrons. The number of rotatable bonds is 7. The molecular formula is C14H27NO5S. The third-order valence-corrected chi connectivity index (χ3v) is 6.32. The Balaban J connectivity index is 2.72. The van der Waals surface area contributed by atoms with Crippen molar-refractivity contribution in [3.8, 4) is 0 Å². The highest BCUT2D eigenvalue weighted by Gasteiger charge is 2.46. The minimum absolute atomic E-state index is 0.0346. The summed E-state index contributed by atoms with van der Waals surface area (Å²) in [5, 5.41) is 9.30. The third kappa shape index (κ3) is 4.66. The van der Waals surface area contributed by atoms with Crippen LogP contribution in [0.3, 0.4) is 0 Å². The second kappa shape index (κ2) is 7.07. The molecule has 0 radical (unpaired) electrons. The van der Waals surface area contributed by atoms with Crippen molar-refractivity contribution in [3.63, 3.8) is 0 Å². The Morgan fingerprint density at radius 1 is 1.38 bits per heavy atom. The standard InChI is InChI=1S/C14H27NO5S/c1-10-12(15-21(18,19)9-5-8-20-4)7-6-11(13(16)17)14(10,2)3/h10-12,15H,5-9H2,1-4H3,(H,16,17). The quantitative estimate of drug-likeness (QED) is 0.693. The number of nitrogens with one attached hydrogen (secondary N) is 1. The van der Waals surface area contributed by atoms with Gasteiger partial charge in [-0.2, -0.15) is 0 Å². The average Bonchev–Trinajstić information content (AvgIpc) is 2.34. The van der Waals surface area contributed by atoms with Crippen molar-refractivity contribution >= 4 is 16.0 Å². The predicted octanol–water partition coefficient (Wildman–Crippen LogP) is 1.47. The lowest BCUT2D eigenvalue weighted by Crippen LogP contribution is -2.52. The van der Waals surface area contributed by atoms with Gasteiger partial charge in [0.1, 0.15) is 0 Å². The number of sulfonamides is 1. The van der Waals surface area contributed by atoms with Crippen LogP contribution in [0.5, 0.6) is 0 Å². The number of carboxylic acids is 1. The molecule has 0 amide bonds. The summed E-state index contributed by atoms with van der Waals surface area (Å²) >= 11 is 0. The molecule has 1 aliphatic carbocycles. The van der Waals surface area contributed by atoms with Crippen LogP contribution >= 0.6 is 0 Å². The number of ether oxygens (including phenoxy) is 1. The molecule has 3 unspecified atom stereocenters. The fraction of sp³-hybridized carbons (Fsp3) is 0.929. The summed E-state index contributed by atoms with van der Waals surface area (Å²) < 4.78 is 31.7. The Morgan fingerprint density at radius 3 is 2.52 bits per heavy atom. The lowest BCUT2D eigenvalue weighted by molar-refractivity contribution is -0.150. The zero-order valence-corrected chi connectivity index (χ0v) is 14.1. The van der Waals surface area contributed by atoms with E-state index in [1.165, 1.54) is 7.11 Å². The van der Waals surface area contributed by atoms with E-state index < -0.39 is 27.3 Å². The van der Waals surface area contributed by atoms with Crippen molar-refractivity contribution in [2.45, 2.75) is 46.1 Å². The first kappa shape index (κ1) is 18.4. The van der Waals surface area contributed by atoms with E-state index in [2.05, 4.69) is 4.72 Å². The zero-order chi connectivity index (χ0) is 16.3. The molecule has 0 saturated heterocycles. The van der Waals surface area contributed by atoms with Gasteiger partial charge in [-0.25, -0.2) is 13.1 Å². The maximum atomic E-state index is 12.1. The van der Waals surface area contributed by atoms with Gasteiger partial charge in [0.2, 0.25) is 10.0 Å². The number of carboxylic acid groups (broad SMARTS) is 1.